The van der Waals surface area contributed by atoms with Crippen molar-refractivity contribution in [2.45, 2.75) is 19.3 Å². The standard InChI is InChI=1S/C21H21BrCl2N2O2/c22-17-6-4-16(5-7-17)21(28)26-12-9-15(10-13-26)20(27)25-11-8-14-2-1-3-18(23)19(14)24/h1-7,15H,8-13H2,(H,25,27). The normalized spacial score (nSPS) is 14.8. The van der Waals surface area contributed by atoms with Gasteiger partial charge in [0.05, 0.1) is 10.0 Å². The van der Waals surface area contributed by atoms with Crippen LogP contribution in [0.15, 0.2) is 46.9 Å². The van der Waals surface area contributed by atoms with E-state index in [1.165, 1.54) is 0 Å². The van der Waals surface area contributed by atoms with Crippen LogP contribution in [0, 0.1) is 5.92 Å². The number of benzene rings is 2. The largest absolute Gasteiger partial charge is 0.356 e. The highest BCUT2D eigenvalue weighted by Gasteiger charge is 2.27. The lowest BCUT2D eigenvalue weighted by Crippen LogP contribution is -2.43. The zero-order valence-electron chi connectivity index (χ0n) is 15.3. The Hall–Kier alpha value is -1.56. The van der Waals surface area contributed by atoms with Crippen LogP contribution in [0.2, 0.25) is 10.0 Å². The number of carbonyl (C=O) groups is 2. The molecule has 1 saturated heterocycles. The number of nitrogens with zero attached hydrogens (tertiary/aromatic N) is 1. The summed E-state index contributed by atoms with van der Waals surface area (Å²) in [4.78, 5) is 26.8. The Labute approximate surface area is 183 Å². The first-order valence-electron chi connectivity index (χ1n) is 9.21. The Morgan fingerprint density at radius 3 is 2.43 bits per heavy atom. The van der Waals surface area contributed by atoms with Gasteiger partial charge in [0.2, 0.25) is 5.91 Å². The molecule has 0 saturated carbocycles. The molecule has 2 amide bonds. The van der Waals surface area contributed by atoms with Gasteiger partial charge in [-0.2, -0.15) is 0 Å². The van der Waals surface area contributed by atoms with E-state index in [0.29, 0.717) is 54.5 Å². The van der Waals surface area contributed by atoms with E-state index in [0.717, 1.165) is 10.0 Å². The average molecular weight is 484 g/mol. The smallest absolute Gasteiger partial charge is 0.253 e. The summed E-state index contributed by atoms with van der Waals surface area (Å²) in [5, 5.41) is 4.04. The molecule has 0 unspecified atom stereocenters. The number of halogens is 3. The Balaban J connectivity index is 1.45. The molecule has 3 rings (SSSR count). The molecule has 28 heavy (non-hydrogen) atoms. The third-order valence-electron chi connectivity index (χ3n) is 4.97. The van der Waals surface area contributed by atoms with Gasteiger partial charge in [-0.3, -0.25) is 9.59 Å². The Morgan fingerprint density at radius 2 is 1.75 bits per heavy atom. The van der Waals surface area contributed by atoms with Crippen LogP contribution in [0.25, 0.3) is 0 Å². The number of nitrogens with one attached hydrogen (secondary N) is 1. The van der Waals surface area contributed by atoms with E-state index in [2.05, 4.69) is 21.2 Å². The number of carbonyl (C=O) groups excluding carboxylic acids is 2. The van der Waals surface area contributed by atoms with Gasteiger partial charge < -0.3 is 10.2 Å². The van der Waals surface area contributed by atoms with Crippen LogP contribution < -0.4 is 5.32 Å². The zero-order chi connectivity index (χ0) is 20.1. The number of hydrogen-bond donors (Lipinski definition) is 1. The van der Waals surface area contributed by atoms with E-state index in [1.807, 2.05) is 41.3 Å². The number of hydrogen-bond acceptors (Lipinski definition) is 2. The summed E-state index contributed by atoms with van der Waals surface area (Å²) in [6.45, 7) is 1.69. The number of piperidine rings is 1. The summed E-state index contributed by atoms with van der Waals surface area (Å²) >= 11 is 15.6. The van der Waals surface area contributed by atoms with Crippen molar-refractivity contribution in [3.8, 4) is 0 Å². The molecule has 1 N–H and O–H groups in total. The van der Waals surface area contributed by atoms with Gasteiger partial charge in [0.1, 0.15) is 0 Å². The van der Waals surface area contributed by atoms with Gasteiger partial charge in [0.15, 0.2) is 0 Å². The quantitative estimate of drug-likeness (QED) is 0.652. The van der Waals surface area contributed by atoms with E-state index >= 15 is 0 Å². The summed E-state index contributed by atoms with van der Waals surface area (Å²) in [5.41, 5.74) is 1.59. The predicted octanol–water partition coefficient (Wildman–Crippen LogP) is 4.97. The second kappa shape index (κ2) is 9.77. The molecule has 148 valence electrons. The van der Waals surface area contributed by atoms with Crippen LogP contribution in [0.4, 0.5) is 0 Å². The fraction of sp³-hybridized carbons (Fsp3) is 0.333. The van der Waals surface area contributed by atoms with Gasteiger partial charge in [0, 0.05) is 35.6 Å². The minimum absolute atomic E-state index is 0.0157. The highest BCUT2D eigenvalue weighted by atomic mass is 79.9. The molecule has 4 nitrogen and oxygen atoms in total. The Morgan fingerprint density at radius 1 is 1.07 bits per heavy atom. The maximum Gasteiger partial charge on any atom is 0.253 e. The first-order chi connectivity index (χ1) is 13.5. The van der Waals surface area contributed by atoms with E-state index < -0.39 is 0 Å². The van der Waals surface area contributed by atoms with E-state index in [1.54, 1.807) is 6.07 Å². The third kappa shape index (κ3) is 5.28. The predicted molar refractivity (Wildman–Crippen MR) is 116 cm³/mol. The minimum atomic E-state index is -0.0659. The van der Waals surface area contributed by atoms with Crippen molar-refractivity contribution in [3.63, 3.8) is 0 Å². The molecule has 1 aliphatic rings. The lowest BCUT2D eigenvalue weighted by Gasteiger charge is -2.31. The molecule has 1 heterocycles. The Bertz CT molecular complexity index is 850. The van der Waals surface area contributed by atoms with Crippen molar-refractivity contribution in [2.75, 3.05) is 19.6 Å². The highest BCUT2D eigenvalue weighted by molar-refractivity contribution is 9.10. The molecule has 0 atom stereocenters. The topological polar surface area (TPSA) is 49.4 Å². The molecule has 2 aromatic carbocycles. The van der Waals surface area contributed by atoms with Crippen LogP contribution in [-0.4, -0.2) is 36.3 Å². The summed E-state index contributed by atoms with van der Waals surface area (Å²) in [6, 6.07) is 12.9. The molecule has 1 aliphatic heterocycles. The summed E-state index contributed by atoms with van der Waals surface area (Å²) in [5.74, 6) is -0.0142. The molecule has 0 radical (unpaired) electrons. The second-order valence-electron chi connectivity index (χ2n) is 6.83. The third-order valence-corrected chi connectivity index (χ3v) is 6.36. The Kier molecular flexibility index (Phi) is 7.38. The SMILES string of the molecule is O=C(NCCc1cccc(Cl)c1Cl)C1CCN(C(=O)c2ccc(Br)cc2)CC1. The fourth-order valence-corrected chi connectivity index (χ4v) is 4.00. The maximum absolute atomic E-state index is 12.6. The molecule has 0 spiro atoms. The molecular weight excluding hydrogens is 463 g/mol. The first-order valence-corrected chi connectivity index (χ1v) is 10.8. The lowest BCUT2D eigenvalue weighted by atomic mass is 9.95. The molecule has 0 bridgehead atoms. The van der Waals surface area contributed by atoms with Crippen molar-refractivity contribution in [1.29, 1.82) is 0 Å². The van der Waals surface area contributed by atoms with E-state index in [4.69, 9.17) is 23.2 Å². The number of rotatable bonds is 5. The summed E-state index contributed by atoms with van der Waals surface area (Å²) < 4.78 is 0.943. The minimum Gasteiger partial charge on any atom is -0.356 e. The van der Waals surface area contributed by atoms with Crippen molar-refractivity contribution in [2.24, 2.45) is 5.92 Å². The van der Waals surface area contributed by atoms with Gasteiger partial charge in [-0.05, 0) is 55.2 Å². The van der Waals surface area contributed by atoms with Gasteiger partial charge >= 0.3 is 0 Å². The molecule has 1 fully saturated rings. The summed E-state index contributed by atoms with van der Waals surface area (Å²) in [7, 11) is 0. The lowest BCUT2D eigenvalue weighted by molar-refractivity contribution is -0.126. The molecule has 2 aromatic rings. The van der Waals surface area contributed by atoms with Gasteiger partial charge in [-0.15, -0.1) is 0 Å². The van der Waals surface area contributed by atoms with Crippen LogP contribution in [0.5, 0.6) is 0 Å². The zero-order valence-corrected chi connectivity index (χ0v) is 18.4. The first kappa shape index (κ1) is 21.2. The van der Waals surface area contributed by atoms with Gasteiger partial charge in [-0.25, -0.2) is 0 Å². The van der Waals surface area contributed by atoms with Crippen molar-refractivity contribution in [1.82, 2.24) is 10.2 Å². The second-order valence-corrected chi connectivity index (χ2v) is 8.53. The van der Waals surface area contributed by atoms with Crippen LogP contribution in [0.3, 0.4) is 0 Å². The van der Waals surface area contributed by atoms with E-state index in [9.17, 15) is 9.59 Å². The molecular formula is C21H21BrCl2N2O2. The average Bonchev–Trinajstić information content (AvgIpc) is 2.71. The van der Waals surface area contributed by atoms with Crippen molar-refractivity contribution >= 4 is 50.9 Å². The van der Waals surface area contributed by atoms with Gasteiger partial charge in [-0.1, -0.05) is 51.3 Å². The molecule has 0 aromatic heterocycles. The van der Waals surface area contributed by atoms with E-state index in [-0.39, 0.29) is 17.7 Å². The van der Waals surface area contributed by atoms with Gasteiger partial charge in [0.25, 0.3) is 5.91 Å². The number of amides is 2. The van der Waals surface area contributed by atoms with Crippen LogP contribution in [-0.2, 0) is 11.2 Å². The van der Waals surface area contributed by atoms with Crippen molar-refractivity contribution in [3.05, 3.63) is 68.1 Å². The van der Waals surface area contributed by atoms with Crippen LogP contribution >= 0.6 is 39.1 Å². The van der Waals surface area contributed by atoms with Crippen LogP contribution in [0.1, 0.15) is 28.8 Å². The molecule has 7 heteroatoms. The monoisotopic (exact) mass is 482 g/mol. The molecule has 0 aliphatic carbocycles. The summed E-state index contributed by atoms with van der Waals surface area (Å²) in [6.07, 6.45) is 1.98. The fourth-order valence-electron chi connectivity index (χ4n) is 3.33. The maximum atomic E-state index is 12.6. The number of likely N-dealkylation sites (tertiary alicyclic amines) is 1. The van der Waals surface area contributed by atoms with Crippen molar-refractivity contribution < 1.29 is 9.59 Å². The highest BCUT2D eigenvalue weighted by Crippen LogP contribution is 2.26.